The van der Waals surface area contributed by atoms with Crippen LogP contribution in [0, 0.1) is 17.8 Å². The third kappa shape index (κ3) is 3.98. The van der Waals surface area contributed by atoms with Gasteiger partial charge < -0.3 is 4.90 Å². The highest BCUT2D eigenvalue weighted by Crippen LogP contribution is 2.65. The summed E-state index contributed by atoms with van der Waals surface area (Å²) >= 11 is 0. The van der Waals surface area contributed by atoms with Gasteiger partial charge in [-0.2, -0.15) is 0 Å². The van der Waals surface area contributed by atoms with Gasteiger partial charge in [-0.25, -0.2) is 17.2 Å². The Kier molecular flexibility index (Phi) is 5.09. The number of hydrogen-bond acceptors (Lipinski definition) is 4. The van der Waals surface area contributed by atoms with Gasteiger partial charge >= 0.3 is 0 Å². The van der Waals surface area contributed by atoms with E-state index in [0.717, 1.165) is 31.9 Å². The molecule has 4 atom stereocenters. The van der Waals surface area contributed by atoms with Crippen LogP contribution in [-0.2, 0) is 9.84 Å². The molecule has 2 saturated carbocycles. The molecule has 2 aliphatic carbocycles. The van der Waals surface area contributed by atoms with Gasteiger partial charge in [0.25, 0.3) is 5.92 Å². The summed E-state index contributed by atoms with van der Waals surface area (Å²) in [6.45, 7) is 3.20. The Morgan fingerprint density at radius 3 is 2.39 bits per heavy atom. The molecular weight excluding hydrogens is 418 g/mol. The van der Waals surface area contributed by atoms with E-state index in [1.807, 2.05) is 24.3 Å². The zero-order chi connectivity index (χ0) is 21.8. The van der Waals surface area contributed by atoms with Crippen LogP contribution < -0.4 is 4.90 Å². The quantitative estimate of drug-likeness (QED) is 0.689. The second-order valence-electron chi connectivity index (χ2n) is 9.36. The third-order valence-electron chi connectivity index (χ3n) is 7.32. The average molecular weight is 447 g/mol. The normalized spacial score (nSPS) is 30.2. The fourth-order valence-electron chi connectivity index (χ4n) is 5.57. The fourth-order valence-corrected chi connectivity index (χ4v) is 6.23. The summed E-state index contributed by atoms with van der Waals surface area (Å²) in [4.78, 5) is 5.01. The maximum absolute atomic E-state index is 13.6. The van der Waals surface area contributed by atoms with Crippen molar-refractivity contribution in [2.45, 2.75) is 29.7 Å². The predicted octanol–water partition coefficient (Wildman–Crippen LogP) is 4.24. The number of halogens is 2. The lowest BCUT2D eigenvalue weighted by atomic mass is 9.97. The van der Waals surface area contributed by atoms with Gasteiger partial charge in [0.05, 0.1) is 10.9 Å². The van der Waals surface area contributed by atoms with Crippen molar-refractivity contribution in [3.63, 3.8) is 0 Å². The van der Waals surface area contributed by atoms with E-state index in [-0.39, 0.29) is 6.04 Å². The Balaban J connectivity index is 1.35. The molecule has 0 amide bonds. The molecule has 2 aromatic carbocycles. The van der Waals surface area contributed by atoms with Crippen LogP contribution >= 0.6 is 0 Å². The summed E-state index contributed by atoms with van der Waals surface area (Å²) in [7, 11) is -3.27. The average Bonchev–Trinajstić information content (AvgIpc) is 3.06. The van der Waals surface area contributed by atoms with E-state index in [4.69, 9.17) is 0 Å². The van der Waals surface area contributed by atoms with Crippen LogP contribution in [0.15, 0.2) is 59.5 Å². The van der Waals surface area contributed by atoms with Gasteiger partial charge in [0.15, 0.2) is 9.84 Å². The molecule has 4 nitrogen and oxygen atoms in total. The largest absolute Gasteiger partial charge is 0.368 e. The predicted molar refractivity (Wildman–Crippen MR) is 117 cm³/mol. The Morgan fingerprint density at radius 2 is 1.71 bits per heavy atom. The van der Waals surface area contributed by atoms with E-state index in [2.05, 4.69) is 21.9 Å². The second kappa shape index (κ2) is 7.55. The molecule has 1 aliphatic heterocycles. The molecule has 1 unspecified atom stereocenters. The first-order valence-electron chi connectivity index (χ1n) is 11.0. The molecule has 3 fully saturated rings. The van der Waals surface area contributed by atoms with Crippen molar-refractivity contribution in [1.29, 1.82) is 0 Å². The van der Waals surface area contributed by atoms with Gasteiger partial charge in [-0.15, -0.1) is 0 Å². The maximum Gasteiger partial charge on any atom is 0.254 e. The highest BCUT2D eigenvalue weighted by atomic mass is 32.2. The van der Waals surface area contributed by atoms with Crippen molar-refractivity contribution in [3.05, 3.63) is 60.2 Å². The zero-order valence-corrected chi connectivity index (χ0v) is 18.4. The maximum atomic E-state index is 13.6. The van der Waals surface area contributed by atoms with Gasteiger partial charge in [-0.05, 0) is 42.5 Å². The van der Waals surface area contributed by atoms with Crippen LogP contribution in [0.1, 0.15) is 24.4 Å². The van der Waals surface area contributed by atoms with E-state index in [0.29, 0.717) is 23.7 Å². The summed E-state index contributed by atoms with van der Waals surface area (Å²) in [5.74, 6) is -2.88. The minimum Gasteiger partial charge on any atom is -0.368 e. The molecule has 0 bridgehead atoms. The summed E-state index contributed by atoms with van der Waals surface area (Å²) in [6, 6.07) is 17.6. The smallest absolute Gasteiger partial charge is 0.254 e. The Labute approximate surface area is 182 Å². The topological polar surface area (TPSA) is 40.6 Å². The lowest BCUT2D eigenvalue weighted by molar-refractivity contribution is 0.0546. The monoisotopic (exact) mass is 446 g/mol. The Hall–Kier alpha value is -1.99. The number of benzene rings is 2. The molecule has 166 valence electrons. The molecule has 0 N–H and O–H groups in total. The SMILES string of the molecule is CS(=O)(=O)c1cccc(N2CCN(CC3C[C@@H]4[C@H](C3)C4(F)F)[C@H](c3ccccc3)C2)c1. The van der Waals surface area contributed by atoms with Crippen LogP contribution in [0.3, 0.4) is 0 Å². The molecule has 0 aromatic heterocycles. The molecule has 1 heterocycles. The molecule has 1 saturated heterocycles. The van der Waals surface area contributed by atoms with E-state index >= 15 is 0 Å². The van der Waals surface area contributed by atoms with E-state index in [9.17, 15) is 17.2 Å². The number of fused-ring (bicyclic) bond motifs is 1. The van der Waals surface area contributed by atoms with Crippen molar-refractivity contribution >= 4 is 15.5 Å². The van der Waals surface area contributed by atoms with Crippen molar-refractivity contribution in [2.75, 3.05) is 37.3 Å². The van der Waals surface area contributed by atoms with Crippen LogP contribution in [0.2, 0.25) is 0 Å². The first-order chi connectivity index (χ1) is 14.7. The summed E-state index contributed by atoms with van der Waals surface area (Å²) in [5.41, 5.74) is 2.12. The second-order valence-corrected chi connectivity index (χ2v) is 11.4. The van der Waals surface area contributed by atoms with Gasteiger partial charge in [0.2, 0.25) is 0 Å². The van der Waals surface area contributed by atoms with Crippen LogP contribution in [0.5, 0.6) is 0 Å². The van der Waals surface area contributed by atoms with E-state index in [1.165, 1.54) is 11.8 Å². The molecule has 3 aliphatic rings. The van der Waals surface area contributed by atoms with Crippen molar-refractivity contribution in [3.8, 4) is 0 Å². The summed E-state index contributed by atoms with van der Waals surface area (Å²) in [6.07, 6.45) is 2.50. The molecule has 7 heteroatoms. The lowest BCUT2D eigenvalue weighted by Gasteiger charge is -2.44. The molecule has 2 aromatic rings. The summed E-state index contributed by atoms with van der Waals surface area (Å²) < 4.78 is 51.2. The van der Waals surface area contributed by atoms with Crippen LogP contribution in [0.4, 0.5) is 14.5 Å². The van der Waals surface area contributed by atoms with Gasteiger partial charge in [0.1, 0.15) is 0 Å². The number of alkyl halides is 2. The highest BCUT2D eigenvalue weighted by Gasteiger charge is 2.71. The van der Waals surface area contributed by atoms with Crippen molar-refractivity contribution in [1.82, 2.24) is 4.90 Å². The van der Waals surface area contributed by atoms with Crippen molar-refractivity contribution in [2.24, 2.45) is 17.8 Å². The minimum absolute atomic E-state index is 0.147. The first kappa shape index (κ1) is 20.9. The fraction of sp³-hybridized carbons (Fsp3) is 0.500. The van der Waals surface area contributed by atoms with E-state index < -0.39 is 27.6 Å². The first-order valence-corrected chi connectivity index (χ1v) is 12.8. The van der Waals surface area contributed by atoms with Crippen LogP contribution in [-0.4, -0.2) is 51.7 Å². The number of piperazine rings is 1. The molecular formula is C24H28F2N2O2S. The number of anilines is 1. The van der Waals surface area contributed by atoms with Gasteiger partial charge in [0, 0.05) is 50.0 Å². The number of rotatable bonds is 5. The van der Waals surface area contributed by atoms with Crippen LogP contribution in [0.25, 0.3) is 0 Å². The number of hydrogen-bond donors (Lipinski definition) is 0. The third-order valence-corrected chi connectivity index (χ3v) is 8.43. The molecule has 31 heavy (non-hydrogen) atoms. The lowest BCUT2D eigenvalue weighted by Crippen LogP contribution is -2.49. The number of sulfone groups is 1. The molecule has 5 rings (SSSR count). The van der Waals surface area contributed by atoms with Gasteiger partial charge in [-0.1, -0.05) is 36.4 Å². The van der Waals surface area contributed by atoms with Crippen molar-refractivity contribution < 1.29 is 17.2 Å². The molecule has 0 spiro atoms. The standard InChI is InChI=1S/C24H28F2N2O2S/c1-31(29,30)20-9-5-8-19(14-20)27-10-11-28(23(16-27)18-6-3-2-4-7-18)15-17-12-21-22(13-17)24(21,25)26/h2-9,14,17,21-23H,10-13,15-16H2,1H3/t17?,21-,22+,23-/m0/s1. The Morgan fingerprint density at radius 1 is 1.00 bits per heavy atom. The number of nitrogens with zero attached hydrogens (tertiary/aromatic N) is 2. The van der Waals surface area contributed by atoms with E-state index in [1.54, 1.807) is 18.2 Å². The molecule has 0 radical (unpaired) electrons. The van der Waals surface area contributed by atoms with Gasteiger partial charge in [-0.3, -0.25) is 4.90 Å². The zero-order valence-electron chi connectivity index (χ0n) is 17.6. The minimum atomic E-state index is -3.27. The summed E-state index contributed by atoms with van der Waals surface area (Å²) in [5, 5.41) is 0. The highest BCUT2D eigenvalue weighted by molar-refractivity contribution is 7.90. The Bertz CT molecular complexity index is 1050.